The van der Waals surface area contributed by atoms with Crippen molar-refractivity contribution in [1.29, 1.82) is 0 Å². The summed E-state index contributed by atoms with van der Waals surface area (Å²) in [5, 5.41) is 8.46. The third-order valence-corrected chi connectivity index (χ3v) is 5.51. The second kappa shape index (κ2) is 7.66. The van der Waals surface area contributed by atoms with E-state index in [9.17, 15) is 0 Å². The van der Waals surface area contributed by atoms with Crippen molar-refractivity contribution < 1.29 is 18.6 Å². The number of hydrogen-bond acceptors (Lipinski definition) is 4. The van der Waals surface area contributed by atoms with Crippen LogP contribution in [0.2, 0.25) is 0 Å². The van der Waals surface area contributed by atoms with Gasteiger partial charge in [-0.1, -0.05) is 24.3 Å². The molecular weight excluding hydrogens is 340 g/mol. The zero-order valence-electron chi connectivity index (χ0n) is 16.3. The van der Waals surface area contributed by atoms with Crippen molar-refractivity contribution in [3.8, 4) is 11.5 Å². The van der Waals surface area contributed by atoms with Crippen molar-refractivity contribution >= 4 is 0 Å². The minimum Gasteiger partial charge on any atom is -0.466 e. The van der Waals surface area contributed by atoms with E-state index in [4.69, 9.17) is 8.83 Å². The van der Waals surface area contributed by atoms with Gasteiger partial charge in [-0.05, 0) is 32.4 Å². The first kappa shape index (κ1) is 17.9. The molecule has 1 fully saturated rings. The van der Waals surface area contributed by atoms with E-state index >= 15 is 0 Å². The fourth-order valence-corrected chi connectivity index (χ4v) is 3.88. The van der Waals surface area contributed by atoms with Crippen LogP contribution in [0.1, 0.15) is 28.5 Å². The van der Waals surface area contributed by atoms with Gasteiger partial charge in [0.25, 0.3) is 11.8 Å². The van der Waals surface area contributed by atoms with Gasteiger partial charge in [-0.3, -0.25) is 0 Å². The highest BCUT2D eigenvalue weighted by Gasteiger charge is 2.25. The molecule has 3 aromatic rings. The zero-order valence-corrected chi connectivity index (χ0v) is 16.3. The summed E-state index contributed by atoms with van der Waals surface area (Å²) in [5.41, 5.74) is 3.75. The fourth-order valence-electron chi connectivity index (χ4n) is 3.88. The first-order valence-electron chi connectivity index (χ1n) is 9.70. The lowest BCUT2D eigenvalue weighted by atomic mass is 10.1. The number of hydrogen-bond donors (Lipinski definition) is 2. The molecule has 1 saturated heterocycles. The van der Waals surface area contributed by atoms with E-state index in [1.807, 2.05) is 19.9 Å². The lowest BCUT2D eigenvalue weighted by Gasteiger charge is -2.29. The number of piperazine rings is 1. The summed E-state index contributed by atoms with van der Waals surface area (Å²) in [6.07, 6.45) is 0. The van der Waals surface area contributed by atoms with Crippen LogP contribution < -0.4 is 9.80 Å². The molecule has 4 rings (SSSR count). The first-order valence-corrected chi connectivity index (χ1v) is 9.70. The lowest BCUT2D eigenvalue weighted by Crippen LogP contribution is -3.27. The number of aryl methyl sites for hydroxylation is 3. The van der Waals surface area contributed by atoms with Gasteiger partial charge in [-0.25, -0.2) is 0 Å². The fraction of sp³-hybridized carbons (Fsp3) is 0.429. The van der Waals surface area contributed by atoms with Crippen molar-refractivity contribution in [2.45, 2.75) is 33.9 Å². The van der Waals surface area contributed by atoms with Gasteiger partial charge >= 0.3 is 0 Å². The Bertz CT molecular complexity index is 907. The molecule has 142 valence electrons. The molecule has 1 aliphatic rings. The molecule has 0 atom stereocenters. The highest BCUT2D eigenvalue weighted by molar-refractivity contribution is 5.55. The Morgan fingerprint density at radius 3 is 2.26 bits per heavy atom. The number of aromatic nitrogens is 2. The van der Waals surface area contributed by atoms with Gasteiger partial charge < -0.3 is 18.6 Å². The predicted octanol–water partition coefficient (Wildman–Crippen LogP) is 0.738. The Labute approximate surface area is 159 Å². The molecule has 0 unspecified atom stereocenters. The smallest absolute Gasteiger partial charge is 0.271 e. The monoisotopic (exact) mass is 368 g/mol. The molecule has 6 nitrogen and oxygen atoms in total. The summed E-state index contributed by atoms with van der Waals surface area (Å²) in [6, 6.07) is 10.7. The molecule has 0 bridgehead atoms. The van der Waals surface area contributed by atoms with Crippen LogP contribution >= 0.6 is 0 Å². The third kappa shape index (κ3) is 4.12. The predicted molar refractivity (Wildman–Crippen MR) is 101 cm³/mol. The SMILES string of the molecule is Cc1cc(-c2nnc(C[NH+]3CC[NH+](Cc4ccccc4C)CC3)o2)c(C)o1. The Morgan fingerprint density at radius 1 is 0.889 bits per heavy atom. The molecule has 6 heteroatoms. The first-order chi connectivity index (χ1) is 13.1. The van der Waals surface area contributed by atoms with Gasteiger partial charge in [-0.2, -0.15) is 0 Å². The molecule has 1 aromatic carbocycles. The zero-order chi connectivity index (χ0) is 18.8. The van der Waals surface area contributed by atoms with Crippen LogP contribution in [-0.2, 0) is 13.1 Å². The summed E-state index contributed by atoms with van der Waals surface area (Å²) in [7, 11) is 0. The van der Waals surface area contributed by atoms with Gasteiger partial charge in [0.15, 0.2) is 6.54 Å². The van der Waals surface area contributed by atoms with Crippen molar-refractivity contribution in [3.63, 3.8) is 0 Å². The quantitative estimate of drug-likeness (QED) is 0.697. The second-order valence-electron chi connectivity index (χ2n) is 7.61. The van der Waals surface area contributed by atoms with Crippen molar-refractivity contribution in [2.24, 2.45) is 0 Å². The number of quaternary nitrogens is 2. The maximum Gasteiger partial charge on any atom is 0.271 e. The van der Waals surface area contributed by atoms with Crippen LogP contribution in [0.4, 0.5) is 0 Å². The molecular formula is C21H28N4O2+2. The van der Waals surface area contributed by atoms with E-state index in [1.54, 1.807) is 4.90 Å². The van der Waals surface area contributed by atoms with Crippen LogP contribution in [0.3, 0.4) is 0 Å². The van der Waals surface area contributed by atoms with Gasteiger partial charge in [0.05, 0.1) is 5.56 Å². The molecule has 2 N–H and O–H groups in total. The van der Waals surface area contributed by atoms with Gasteiger partial charge in [-0.15, -0.1) is 10.2 Å². The van der Waals surface area contributed by atoms with E-state index in [0.717, 1.165) is 43.3 Å². The molecule has 0 spiro atoms. The normalized spacial score (nSPS) is 20.1. The standard InChI is InChI=1S/C21H26N4O2/c1-15-6-4-5-7-18(15)13-24-8-10-25(11-9-24)14-20-22-23-21(27-20)19-12-16(2)26-17(19)3/h4-7,12H,8-11,13-14H2,1-3H3/p+2. The number of furan rings is 1. The minimum absolute atomic E-state index is 0.558. The van der Waals surface area contributed by atoms with Gasteiger partial charge in [0.2, 0.25) is 0 Å². The van der Waals surface area contributed by atoms with Crippen LogP contribution in [0.25, 0.3) is 11.5 Å². The van der Waals surface area contributed by atoms with E-state index in [0.29, 0.717) is 11.8 Å². The molecule has 0 aliphatic carbocycles. The molecule has 0 saturated carbocycles. The largest absolute Gasteiger partial charge is 0.466 e. The Kier molecular flexibility index (Phi) is 5.09. The van der Waals surface area contributed by atoms with E-state index in [2.05, 4.69) is 41.4 Å². The van der Waals surface area contributed by atoms with Crippen molar-refractivity contribution in [3.05, 3.63) is 58.9 Å². The average molecular weight is 368 g/mol. The highest BCUT2D eigenvalue weighted by Crippen LogP contribution is 2.25. The van der Waals surface area contributed by atoms with E-state index in [-0.39, 0.29) is 0 Å². The maximum absolute atomic E-state index is 5.89. The highest BCUT2D eigenvalue weighted by atomic mass is 16.4. The van der Waals surface area contributed by atoms with Crippen LogP contribution in [0.15, 0.2) is 39.2 Å². The van der Waals surface area contributed by atoms with Crippen molar-refractivity contribution in [1.82, 2.24) is 10.2 Å². The number of benzene rings is 1. The molecule has 2 aromatic heterocycles. The summed E-state index contributed by atoms with van der Waals surface area (Å²) in [4.78, 5) is 3.17. The van der Waals surface area contributed by atoms with Crippen LogP contribution in [0.5, 0.6) is 0 Å². The average Bonchev–Trinajstić information content (AvgIpc) is 3.24. The topological polar surface area (TPSA) is 60.9 Å². The molecule has 0 radical (unpaired) electrons. The molecule has 0 amide bonds. The molecule has 1 aliphatic heterocycles. The van der Waals surface area contributed by atoms with Crippen LogP contribution in [-0.4, -0.2) is 36.4 Å². The summed E-state index contributed by atoms with van der Waals surface area (Å²) < 4.78 is 11.5. The summed E-state index contributed by atoms with van der Waals surface area (Å²) >= 11 is 0. The number of nitrogens with zero attached hydrogens (tertiary/aromatic N) is 2. The van der Waals surface area contributed by atoms with E-state index in [1.165, 1.54) is 29.1 Å². The lowest BCUT2D eigenvalue weighted by molar-refractivity contribution is -1.02. The summed E-state index contributed by atoms with van der Waals surface area (Å²) in [5.74, 6) is 2.95. The summed E-state index contributed by atoms with van der Waals surface area (Å²) in [6.45, 7) is 12.6. The van der Waals surface area contributed by atoms with Crippen molar-refractivity contribution in [2.75, 3.05) is 26.2 Å². The Morgan fingerprint density at radius 2 is 1.59 bits per heavy atom. The minimum atomic E-state index is 0.558. The number of rotatable bonds is 5. The third-order valence-electron chi connectivity index (χ3n) is 5.51. The Hall–Kier alpha value is -2.44. The second-order valence-corrected chi connectivity index (χ2v) is 7.61. The number of nitrogens with one attached hydrogen (secondary N) is 2. The van der Waals surface area contributed by atoms with Gasteiger partial charge in [0, 0.05) is 5.56 Å². The van der Waals surface area contributed by atoms with E-state index < -0.39 is 0 Å². The van der Waals surface area contributed by atoms with Gasteiger partial charge in [0.1, 0.15) is 44.2 Å². The maximum atomic E-state index is 5.89. The molecule has 3 heterocycles. The Balaban J connectivity index is 1.32. The molecule has 27 heavy (non-hydrogen) atoms. The van der Waals surface area contributed by atoms with Crippen LogP contribution in [0, 0.1) is 20.8 Å².